The lowest BCUT2D eigenvalue weighted by Gasteiger charge is -2.33. The summed E-state index contributed by atoms with van der Waals surface area (Å²) >= 11 is 0. The Kier molecular flexibility index (Phi) is 6.78. The summed E-state index contributed by atoms with van der Waals surface area (Å²) in [6.45, 7) is 5.55. The summed E-state index contributed by atoms with van der Waals surface area (Å²) in [4.78, 5) is 20.1. The Morgan fingerprint density at radius 3 is 2.70 bits per heavy atom. The van der Waals surface area contributed by atoms with Crippen molar-refractivity contribution in [1.29, 1.82) is 0 Å². The van der Waals surface area contributed by atoms with Gasteiger partial charge in [0.2, 0.25) is 5.95 Å². The van der Waals surface area contributed by atoms with Crippen LogP contribution in [0.2, 0.25) is 0 Å². The Balaban J connectivity index is 1.45. The van der Waals surface area contributed by atoms with Gasteiger partial charge in [0.05, 0.1) is 12.8 Å². The third-order valence-corrected chi connectivity index (χ3v) is 4.43. The molecule has 0 saturated carbocycles. The van der Waals surface area contributed by atoms with Crippen LogP contribution in [0.15, 0.2) is 36.5 Å². The van der Waals surface area contributed by atoms with Crippen LogP contribution >= 0.6 is 0 Å². The number of carbonyl (C=O) groups is 1. The Morgan fingerprint density at radius 1 is 1.19 bits per heavy atom. The van der Waals surface area contributed by atoms with Crippen LogP contribution in [0.3, 0.4) is 0 Å². The van der Waals surface area contributed by atoms with Crippen LogP contribution in [0, 0.1) is 0 Å². The van der Waals surface area contributed by atoms with Crippen LogP contribution in [0.1, 0.15) is 18.9 Å². The van der Waals surface area contributed by atoms with E-state index in [0.29, 0.717) is 38.7 Å². The summed E-state index contributed by atoms with van der Waals surface area (Å²) in [5.74, 6) is 1.31. The second-order valence-electron chi connectivity index (χ2n) is 6.33. The van der Waals surface area contributed by atoms with Crippen LogP contribution in [-0.2, 0) is 11.2 Å². The number of carbonyl (C=O) groups excluding carboxylic acids is 1. The van der Waals surface area contributed by atoms with E-state index in [2.05, 4.69) is 44.8 Å². The second kappa shape index (κ2) is 9.70. The van der Waals surface area contributed by atoms with Gasteiger partial charge in [0, 0.05) is 32.7 Å². The van der Waals surface area contributed by atoms with Crippen LogP contribution in [0.25, 0.3) is 0 Å². The summed E-state index contributed by atoms with van der Waals surface area (Å²) < 4.78 is 5.04. The first-order valence-electron chi connectivity index (χ1n) is 9.40. The van der Waals surface area contributed by atoms with Crippen molar-refractivity contribution in [3.63, 3.8) is 0 Å². The van der Waals surface area contributed by atoms with Gasteiger partial charge < -0.3 is 19.9 Å². The van der Waals surface area contributed by atoms with E-state index >= 15 is 0 Å². The number of benzene rings is 1. The Bertz CT molecular complexity index is 719. The zero-order valence-electron chi connectivity index (χ0n) is 15.7. The van der Waals surface area contributed by atoms with Gasteiger partial charge in [0.1, 0.15) is 0 Å². The van der Waals surface area contributed by atoms with Crippen LogP contribution in [-0.4, -0.2) is 65.5 Å². The number of rotatable bonds is 7. The van der Waals surface area contributed by atoms with E-state index in [9.17, 15) is 4.79 Å². The number of ether oxygens (including phenoxy) is 1. The van der Waals surface area contributed by atoms with Crippen molar-refractivity contribution in [1.82, 2.24) is 20.1 Å². The van der Waals surface area contributed by atoms with Gasteiger partial charge in [0.15, 0.2) is 5.82 Å². The molecule has 1 N–H and O–H groups in total. The van der Waals surface area contributed by atoms with Crippen molar-refractivity contribution in [2.75, 3.05) is 49.5 Å². The Morgan fingerprint density at radius 2 is 1.96 bits per heavy atom. The fourth-order valence-electron chi connectivity index (χ4n) is 2.97. The average Bonchev–Trinajstić information content (AvgIpc) is 2.72. The zero-order chi connectivity index (χ0) is 18.9. The third-order valence-electron chi connectivity index (χ3n) is 4.43. The molecule has 2 aromatic rings. The van der Waals surface area contributed by atoms with Crippen LogP contribution < -0.4 is 10.2 Å². The van der Waals surface area contributed by atoms with Crippen molar-refractivity contribution in [3.05, 3.63) is 42.1 Å². The van der Waals surface area contributed by atoms with Gasteiger partial charge in [0.25, 0.3) is 0 Å². The van der Waals surface area contributed by atoms with E-state index in [1.807, 2.05) is 17.9 Å². The molecule has 1 amide bonds. The maximum atomic E-state index is 11.8. The first-order valence-corrected chi connectivity index (χ1v) is 9.40. The topological polar surface area (TPSA) is 83.5 Å². The molecule has 1 aromatic heterocycles. The number of anilines is 2. The summed E-state index contributed by atoms with van der Waals surface area (Å²) in [5.41, 5.74) is 1.33. The molecule has 1 aliphatic heterocycles. The molecular weight excluding hydrogens is 344 g/mol. The highest BCUT2D eigenvalue weighted by Crippen LogP contribution is 2.13. The van der Waals surface area contributed by atoms with Crippen molar-refractivity contribution in [2.24, 2.45) is 0 Å². The average molecular weight is 370 g/mol. The molecule has 0 spiro atoms. The third kappa shape index (κ3) is 5.54. The summed E-state index contributed by atoms with van der Waals surface area (Å²) in [6, 6.07) is 10.4. The molecule has 1 saturated heterocycles. The molecule has 1 aromatic carbocycles. The maximum Gasteiger partial charge on any atom is 0.409 e. The zero-order valence-corrected chi connectivity index (χ0v) is 15.7. The minimum Gasteiger partial charge on any atom is -0.450 e. The second-order valence-corrected chi connectivity index (χ2v) is 6.33. The standard InChI is InChI=1S/C19H26N6O2/c1-2-27-19(26)25-13-11-24(12-14-25)18-22-17(15-21-23-18)20-10-6-9-16-7-4-3-5-8-16/h3-5,7-8,15H,2,6,9-14H2,1H3,(H,20,22,23). The van der Waals surface area contributed by atoms with E-state index in [1.165, 1.54) is 5.56 Å². The van der Waals surface area contributed by atoms with Crippen LogP contribution in [0.4, 0.5) is 16.6 Å². The van der Waals surface area contributed by atoms with E-state index in [1.54, 1.807) is 11.1 Å². The van der Waals surface area contributed by atoms with Crippen molar-refractivity contribution in [3.8, 4) is 0 Å². The molecule has 144 valence electrons. The molecule has 0 atom stereocenters. The number of nitrogens with one attached hydrogen (secondary N) is 1. The number of amides is 1. The number of aryl methyl sites for hydroxylation is 1. The molecule has 0 radical (unpaired) electrons. The maximum absolute atomic E-state index is 11.8. The lowest BCUT2D eigenvalue weighted by atomic mass is 10.1. The van der Waals surface area contributed by atoms with E-state index in [-0.39, 0.29) is 6.09 Å². The van der Waals surface area contributed by atoms with Gasteiger partial charge in [-0.25, -0.2) is 4.79 Å². The highest BCUT2D eigenvalue weighted by atomic mass is 16.6. The minimum absolute atomic E-state index is 0.259. The van der Waals surface area contributed by atoms with Gasteiger partial charge in [-0.2, -0.15) is 10.1 Å². The van der Waals surface area contributed by atoms with Gasteiger partial charge >= 0.3 is 6.09 Å². The van der Waals surface area contributed by atoms with E-state index in [0.717, 1.165) is 25.2 Å². The molecule has 8 heteroatoms. The summed E-state index contributed by atoms with van der Waals surface area (Å²) in [5, 5.41) is 11.5. The summed E-state index contributed by atoms with van der Waals surface area (Å²) in [7, 11) is 0. The monoisotopic (exact) mass is 370 g/mol. The molecule has 3 rings (SSSR count). The molecule has 2 heterocycles. The van der Waals surface area contributed by atoms with Crippen molar-refractivity contribution in [2.45, 2.75) is 19.8 Å². The summed E-state index contributed by atoms with van der Waals surface area (Å²) in [6.07, 6.45) is 3.42. The fraction of sp³-hybridized carbons (Fsp3) is 0.474. The highest BCUT2D eigenvalue weighted by molar-refractivity contribution is 5.68. The highest BCUT2D eigenvalue weighted by Gasteiger charge is 2.23. The number of nitrogens with zero attached hydrogens (tertiary/aromatic N) is 5. The predicted molar refractivity (Wildman–Crippen MR) is 104 cm³/mol. The number of hydrogen-bond acceptors (Lipinski definition) is 7. The number of hydrogen-bond donors (Lipinski definition) is 1. The normalized spacial score (nSPS) is 14.1. The largest absolute Gasteiger partial charge is 0.450 e. The lowest BCUT2D eigenvalue weighted by molar-refractivity contribution is 0.105. The first kappa shape index (κ1) is 18.9. The molecule has 0 unspecified atom stereocenters. The molecule has 0 bridgehead atoms. The smallest absolute Gasteiger partial charge is 0.409 e. The Hall–Kier alpha value is -2.90. The molecule has 1 fully saturated rings. The molecule has 1 aliphatic rings. The Labute approximate surface area is 159 Å². The van der Waals surface area contributed by atoms with Crippen LogP contribution in [0.5, 0.6) is 0 Å². The lowest BCUT2D eigenvalue weighted by Crippen LogP contribution is -2.49. The number of aromatic nitrogens is 3. The van der Waals surface area contributed by atoms with Crippen molar-refractivity contribution < 1.29 is 9.53 Å². The van der Waals surface area contributed by atoms with Gasteiger partial charge in [-0.05, 0) is 25.3 Å². The SMILES string of the molecule is CCOC(=O)N1CCN(c2nncc(NCCCc3ccccc3)n2)CC1. The van der Waals surface area contributed by atoms with Gasteiger partial charge in [-0.3, -0.25) is 0 Å². The van der Waals surface area contributed by atoms with E-state index < -0.39 is 0 Å². The first-order chi connectivity index (χ1) is 13.3. The minimum atomic E-state index is -0.259. The quantitative estimate of drug-likeness (QED) is 0.748. The molecular formula is C19H26N6O2. The predicted octanol–water partition coefficient (Wildman–Crippen LogP) is 2.19. The molecule has 0 aliphatic carbocycles. The van der Waals surface area contributed by atoms with Gasteiger partial charge in [-0.1, -0.05) is 30.3 Å². The molecule has 8 nitrogen and oxygen atoms in total. The number of piperazine rings is 1. The van der Waals surface area contributed by atoms with Gasteiger partial charge in [-0.15, -0.1) is 5.10 Å². The van der Waals surface area contributed by atoms with Crippen molar-refractivity contribution >= 4 is 17.9 Å². The fourth-order valence-corrected chi connectivity index (χ4v) is 2.97. The molecule has 27 heavy (non-hydrogen) atoms. The van der Waals surface area contributed by atoms with E-state index in [4.69, 9.17) is 4.74 Å².